The molecule has 3 aromatic rings. The molecule has 3 saturated heterocycles. The van der Waals surface area contributed by atoms with Gasteiger partial charge in [0.05, 0.1) is 49.7 Å². The number of likely N-dealkylation sites (tertiary alicyclic amines) is 2. The molecule has 0 spiro atoms. The van der Waals surface area contributed by atoms with Crippen LogP contribution in [0.2, 0.25) is 0 Å². The van der Waals surface area contributed by atoms with Gasteiger partial charge in [-0.3, -0.25) is 14.4 Å². The topological polar surface area (TPSA) is 189 Å². The number of ether oxygens (including phenoxy) is 7. The van der Waals surface area contributed by atoms with Crippen molar-refractivity contribution in [2.45, 2.75) is 187 Å². The first kappa shape index (κ1) is 81.2. The molecule has 3 heterocycles. The lowest BCUT2D eigenvalue weighted by atomic mass is 9.88. The summed E-state index contributed by atoms with van der Waals surface area (Å²) in [7, 11) is 0. The summed E-state index contributed by atoms with van der Waals surface area (Å²) < 4.78 is 153. The quantitative estimate of drug-likeness (QED) is 0.0379. The predicted octanol–water partition coefficient (Wildman–Crippen LogP) is 16.1. The summed E-state index contributed by atoms with van der Waals surface area (Å²) in [5.41, 5.74) is -1.55. The van der Waals surface area contributed by atoms with Crippen molar-refractivity contribution in [2.75, 3.05) is 77.6 Å². The molecule has 0 bridgehead atoms. The van der Waals surface area contributed by atoms with Crippen LogP contribution in [0.5, 0.6) is 17.2 Å². The van der Waals surface area contributed by atoms with E-state index in [0.29, 0.717) is 95.5 Å². The minimum atomic E-state index is -4.48. The smallest absolute Gasteiger partial charge is 0.416 e. The number of nitrogens with one attached hydrogen (secondary N) is 1. The fraction of sp³-hybridized carbons (Fsp3) is 0.641. The largest absolute Gasteiger partial charge is 0.508 e. The van der Waals surface area contributed by atoms with Gasteiger partial charge in [0.15, 0.2) is 0 Å². The van der Waals surface area contributed by atoms with Gasteiger partial charge in [0, 0.05) is 50.8 Å². The van der Waals surface area contributed by atoms with Gasteiger partial charge in [-0.15, -0.1) is 12.4 Å². The Morgan fingerprint density at radius 2 is 0.824 bits per heavy atom. The number of piperidine rings is 3. The van der Waals surface area contributed by atoms with E-state index in [2.05, 4.69) is 26.0 Å². The van der Waals surface area contributed by atoms with Crippen LogP contribution < -0.4 is 14.8 Å². The van der Waals surface area contributed by atoms with Crippen LogP contribution >= 0.6 is 28.3 Å². The van der Waals surface area contributed by atoms with E-state index in [-0.39, 0.29) is 104 Å². The number of halogens is 11. The van der Waals surface area contributed by atoms with E-state index in [1.165, 1.54) is 18.2 Å². The van der Waals surface area contributed by atoms with Crippen LogP contribution in [0.1, 0.15) is 190 Å². The van der Waals surface area contributed by atoms with Crippen molar-refractivity contribution in [3.63, 3.8) is 0 Å². The molecule has 0 radical (unpaired) electrons. The molecule has 16 nitrogen and oxygen atoms in total. The Morgan fingerprint density at radius 3 is 1.14 bits per heavy atom. The molecule has 0 aliphatic carbocycles. The highest BCUT2D eigenvalue weighted by Gasteiger charge is 2.36. The van der Waals surface area contributed by atoms with Crippen LogP contribution in [0.4, 0.5) is 49.1 Å². The number of nitrogens with zero attached hydrogens (tertiary/aromatic N) is 2. The first-order valence-electron chi connectivity index (χ1n) is 30.4. The Labute approximate surface area is 542 Å². The van der Waals surface area contributed by atoms with E-state index < -0.39 is 52.5 Å². The molecule has 516 valence electrons. The Morgan fingerprint density at radius 1 is 0.505 bits per heavy atom. The minimum absolute atomic E-state index is 0. The maximum absolute atomic E-state index is 13.2. The standard InChI is InChI=1S/C23H32F3NO5.C18H24F3NO3.C17H22F3NO3.C6H11BrO2.ClH/c1-5-30-20(28)7-6-14-31-19-15-17(23(24,25)26)8-9-18(19)16-10-12-27(13-11-16)21(29)32-22(2,3)4;1-2-24-17(23)4-3-11-25-16-12-14(18(19,20)21)5-6-15(16)13-7-9-22-10-8-13;1-16(2,3)24-15(23)21-8-6-11(7-9-21)13-5-4-12(10-14(13)22)17(18,19)20;1-2-9-6(8)4-3-5-7;/h8-9,15-16H,5-7,10-14H2,1-4H3;5-6,12-13,22H,2-4,7-11H2,1H3;4-5,10-11,22H,6-9H2,1-3H3;2-5H2,1H3;1H. The number of alkyl halides is 10. The molecular formula is C64H90BrClF9N3O13. The third kappa shape index (κ3) is 30.6. The highest BCUT2D eigenvalue weighted by atomic mass is 79.9. The summed E-state index contributed by atoms with van der Waals surface area (Å²) >= 11 is 3.22. The molecule has 27 heteroatoms. The number of esters is 3. The van der Waals surface area contributed by atoms with Crippen LogP contribution in [0, 0.1) is 0 Å². The van der Waals surface area contributed by atoms with Gasteiger partial charge in [-0.2, -0.15) is 39.5 Å². The molecule has 6 rings (SSSR count). The number of aromatic hydroxyl groups is 1. The summed E-state index contributed by atoms with van der Waals surface area (Å²) in [6.45, 7) is 20.8. The van der Waals surface area contributed by atoms with Gasteiger partial charge in [0.2, 0.25) is 0 Å². The number of hydrogen-bond donors (Lipinski definition) is 2. The first-order valence-corrected chi connectivity index (χ1v) is 31.5. The van der Waals surface area contributed by atoms with E-state index in [4.69, 9.17) is 28.4 Å². The van der Waals surface area contributed by atoms with Gasteiger partial charge < -0.3 is 53.4 Å². The highest BCUT2D eigenvalue weighted by molar-refractivity contribution is 9.09. The number of phenols is 1. The number of hydrogen-bond acceptors (Lipinski definition) is 14. The van der Waals surface area contributed by atoms with E-state index >= 15 is 0 Å². The van der Waals surface area contributed by atoms with Crippen molar-refractivity contribution in [1.82, 2.24) is 15.1 Å². The lowest BCUT2D eigenvalue weighted by molar-refractivity contribution is -0.144. The SMILES string of the molecule is CC(C)(C)OC(=O)N1CCC(c2ccc(C(F)(F)F)cc2O)CC1.CCOC(=O)CCCBr.CCOC(=O)CCCOc1cc(C(F)(F)F)ccc1C1CCN(C(=O)OC(C)(C)C)CC1.CCOC(=O)CCCOc1cc(C(F)(F)F)ccc1C1CCNCC1.Cl. The van der Waals surface area contributed by atoms with Gasteiger partial charge in [-0.25, -0.2) is 9.59 Å². The van der Waals surface area contributed by atoms with Crippen molar-refractivity contribution >= 4 is 58.4 Å². The zero-order valence-corrected chi connectivity index (χ0v) is 55.7. The normalized spacial score (nSPS) is 15.2. The average molecular weight is 1400 g/mol. The molecule has 0 aromatic heterocycles. The predicted molar refractivity (Wildman–Crippen MR) is 330 cm³/mol. The Bertz CT molecular complexity index is 2700. The number of benzene rings is 3. The van der Waals surface area contributed by atoms with Gasteiger partial charge >= 0.3 is 48.6 Å². The third-order valence-electron chi connectivity index (χ3n) is 14.0. The number of phenolic OH excluding ortho intramolecular Hbond substituents is 1. The van der Waals surface area contributed by atoms with Gasteiger partial charge in [0.25, 0.3) is 0 Å². The van der Waals surface area contributed by atoms with Crippen LogP contribution in [0.25, 0.3) is 0 Å². The second-order valence-electron chi connectivity index (χ2n) is 23.4. The number of carbonyl (C=O) groups is 5. The van der Waals surface area contributed by atoms with Gasteiger partial charge in [-0.05, 0) is 204 Å². The number of carbonyl (C=O) groups excluding carboxylic acids is 5. The summed E-state index contributed by atoms with van der Waals surface area (Å²) in [6.07, 6.45) is -7.65. The molecule has 3 fully saturated rings. The molecule has 3 aromatic carbocycles. The minimum Gasteiger partial charge on any atom is -0.508 e. The fourth-order valence-electron chi connectivity index (χ4n) is 9.65. The molecular weight excluding hydrogens is 1310 g/mol. The molecule has 3 aliphatic rings. The van der Waals surface area contributed by atoms with Crippen molar-refractivity contribution in [3.8, 4) is 17.2 Å². The Hall–Kier alpha value is -5.89. The number of amides is 2. The van der Waals surface area contributed by atoms with Crippen molar-refractivity contribution in [2.24, 2.45) is 0 Å². The molecule has 2 amide bonds. The molecule has 3 aliphatic heterocycles. The van der Waals surface area contributed by atoms with Crippen LogP contribution in [-0.4, -0.2) is 134 Å². The number of rotatable bonds is 19. The van der Waals surface area contributed by atoms with Gasteiger partial charge in [0.1, 0.15) is 28.5 Å². The average Bonchev–Trinajstić information content (AvgIpc) is 3.63. The zero-order valence-electron chi connectivity index (χ0n) is 53.3. The maximum atomic E-state index is 13.2. The van der Waals surface area contributed by atoms with E-state index in [0.717, 1.165) is 79.6 Å². The molecule has 2 N–H and O–H groups in total. The van der Waals surface area contributed by atoms with Crippen LogP contribution in [0.3, 0.4) is 0 Å². The van der Waals surface area contributed by atoms with Crippen molar-refractivity contribution < 1.29 is 102 Å². The summed E-state index contributed by atoms with van der Waals surface area (Å²) in [4.78, 5) is 60.8. The van der Waals surface area contributed by atoms with Crippen molar-refractivity contribution in [1.29, 1.82) is 0 Å². The lowest BCUT2D eigenvalue weighted by Gasteiger charge is -2.34. The molecule has 91 heavy (non-hydrogen) atoms. The highest BCUT2D eigenvalue weighted by Crippen LogP contribution is 2.42. The van der Waals surface area contributed by atoms with Gasteiger partial charge in [-0.1, -0.05) is 34.1 Å². The summed E-state index contributed by atoms with van der Waals surface area (Å²) in [6, 6.07) is 10.3. The van der Waals surface area contributed by atoms with Crippen LogP contribution in [0.15, 0.2) is 54.6 Å². The van der Waals surface area contributed by atoms with Crippen molar-refractivity contribution in [3.05, 3.63) is 88.0 Å². The Kier molecular flexibility index (Phi) is 34.8. The monoisotopic (exact) mass is 1390 g/mol. The third-order valence-corrected chi connectivity index (χ3v) is 14.5. The van der Waals surface area contributed by atoms with Crippen LogP contribution in [-0.2, 0) is 56.6 Å². The maximum Gasteiger partial charge on any atom is 0.416 e. The lowest BCUT2D eigenvalue weighted by Crippen LogP contribution is -2.41. The molecule has 0 unspecified atom stereocenters. The second kappa shape index (κ2) is 39.0. The zero-order chi connectivity index (χ0) is 67.5. The summed E-state index contributed by atoms with van der Waals surface area (Å²) in [5, 5.41) is 14.0. The fourth-order valence-corrected chi connectivity index (χ4v) is 9.93. The summed E-state index contributed by atoms with van der Waals surface area (Å²) in [5.74, 6) is -0.642. The Balaban J connectivity index is 0.000000437. The van der Waals surface area contributed by atoms with E-state index in [1.807, 2.05) is 6.92 Å². The van der Waals surface area contributed by atoms with E-state index in [9.17, 15) is 68.6 Å². The second-order valence-corrected chi connectivity index (χ2v) is 24.2. The molecule has 0 atom stereocenters. The van der Waals surface area contributed by atoms with E-state index in [1.54, 1.807) is 65.2 Å². The molecule has 0 saturated carbocycles. The first-order chi connectivity index (χ1) is 42.1.